The van der Waals surface area contributed by atoms with Crippen molar-refractivity contribution < 1.29 is 18.9 Å². The van der Waals surface area contributed by atoms with Crippen molar-refractivity contribution in [2.45, 2.75) is 57.8 Å². The van der Waals surface area contributed by atoms with Gasteiger partial charge in [-0.1, -0.05) is 12.1 Å². The van der Waals surface area contributed by atoms with E-state index in [1.54, 1.807) is 7.11 Å². The molecule has 176 valence electrons. The second-order valence-corrected chi connectivity index (χ2v) is 7.93. The number of methoxy groups -OCH3 is 1. The Hall–Kier alpha value is -1.26. The van der Waals surface area contributed by atoms with Crippen LogP contribution in [0.5, 0.6) is 11.5 Å². The molecule has 0 aromatic heterocycles. The van der Waals surface area contributed by atoms with Crippen LogP contribution in [-0.2, 0) is 9.47 Å². The van der Waals surface area contributed by atoms with E-state index >= 15 is 0 Å². The first-order chi connectivity index (χ1) is 14.7. The number of likely N-dealkylation sites (tertiary alicyclic amines) is 1. The molecular weight excluding hydrogens is 509 g/mol. The summed E-state index contributed by atoms with van der Waals surface area (Å²) in [4.78, 5) is 7.15. The van der Waals surface area contributed by atoms with E-state index in [-0.39, 0.29) is 30.1 Å². The van der Waals surface area contributed by atoms with Crippen LogP contribution in [0.2, 0.25) is 0 Å². The van der Waals surface area contributed by atoms with Crippen LogP contribution in [-0.4, -0.2) is 75.7 Å². The van der Waals surface area contributed by atoms with Crippen molar-refractivity contribution in [3.63, 3.8) is 0 Å². The Morgan fingerprint density at radius 2 is 1.97 bits per heavy atom. The summed E-state index contributed by atoms with van der Waals surface area (Å²) < 4.78 is 23.2. The van der Waals surface area contributed by atoms with Crippen LogP contribution < -0.4 is 14.8 Å². The third-order valence-corrected chi connectivity index (χ3v) is 5.51. The number of para-hydroxylation sites is 2. The molecule has 7 nitrogen and oxygen atoms in total. The Balaban J connectivity index is 0.00000341. The Bertz CT molecular complexity index is 662. The lowest BCUT2D eigenvalue weighted by atomic mass is 10.1. The molecular formula is C23H38IN3O4. The Morgan fingerprint density at radius 3 is 2.61 bits per heavy atom. The van der Waals surface area contributed by atoms with Crippen molar-refractivity contribution >= 4 is 29.9 Å². The van der Waals surface area contributed by atoms with Gasteiger partial charge >= 0.3 is 0 Å². The summed E-state index contributed by atoms with van der Waals surface area (Å²) in [6, 6.07) is 7.71. The van der Waals surface area contributed by atoms with Crippen molar-refractivity contribution in [3.8, 4) is 11.5 Å². The summed E-state index contributed by atoms with van der Waals surface area (Å²) in [5.41, 5.74) is 0. The van der Waals surface area contributed by atoms with Crippen molar-refractivity contribution in [1.29, 1.82) is 0 Å². The fourth-order valence-corrected chi connectivity index (χ4v) is 3.86. The quantitative estimate of drug-likeness (QED) is 0.289. The fraction of sp³-hybridized carbons (Fsp3) is 0.696. The molecule has 2 fully saturated rings. The predicted molar refractivity (Wildman–Crippen MR) is 134 cm³/mol. The Labute approximate surface area is 203 Å². The van der Waals surface area contributed by atoms with Crippen LogP contribution in [0.25, 0.3) is 0 Å². The van der Waals surface area contributed by atoms with Crippen LogP contribution in [0.3, 0.4) is 0 Å². The van der Waals surface area contributed by atoms with Crippen LogP contribution in [0, 0.1) is 0 Å². The fourth-order valence-electron chi connectivity index (χ4n) is 3.86. The molecule has 0 amide bonds. The van der Waals surface area contributed by atoms with Crippen LogP contribution in [0.4, 0.5) is 0 Å². The molecule has 2 heterocycles. The van der Waals surface area contributed by atoms with Crippen LogP contribution >= 0.6 is 24.0 Å². The summed E-state index contributed by atoms with van der Waals surface area (Å²) in [5, 5.41) is 3.42. The third kappa shape index (κ3) is 8.31. The first-order valence-electron chi connectivity index (χ1n) is 11.3. The first kappa shape index (κ1) is 26.0. The van der Waals surface area contributed by atoms with Crippen molar-refractivity contribution in [2.75, 3.05) is 46.5 Å². The van der Waals surface area contributed by atoms with E-state index in [1.165, 1.54) is 0 Å². The van der Waals surface area contributed by atoms with Crippen LogP contribution in [0.1, 0.15) is 39.5 Å². The number of halogens is 1. The maximum absolute atomic E-state index is 6.10. The maximum Gasteiger partial charge on any atom is 0.194 e. The number of ether oxygens (including phenoxy) is 4. The van der Waals surface area contributed by atoms with E-state index in [1.807, 2.05) is 31.2 Å². The number of hydrogen-bond acceptors (Lipinski definition) is 5. The summed E-state index contributed by atoms with van der Waals surface area (Å²) in [6.07, 6.45) is 4.89. The Kier molecular flexibility index (Phi) is 11.7. The van der Waals surface area contributed by atoms with E-state index in [0.717, 1.165) is 76.0 Å². The summed E-state index contributed by atoms with van der Waals surface area (Å²) in [6.45, 7) is 9.07. The van der Waals surface area contributed by atoms with Gasteiger partial charge in [-0.3, -0.25) is 0 Å². The van der Waals surface area contributed by atoms with Gasteiger partial charge in [0.25, 0.3) is 0 Å². The average Bonchev–Trinajstić information content (AvgIpc) is 3.30. The number of benzene rings is 1. The minimum Gasteiger partial charge on any atom is -0.493 e. The molecule has 8 heteroatoms. The second-order valence-electron chi connectivity index (χ2n) is 7.93. The van der Waals surface area contributed by atoms with Gasteiger partial charge in [-0.05, 0) is 51.7 Å². The van der Waals surface area contributed by atoms with Gasteiger partial charge in [0, 0.05) is 26.2 Å². The summed E-state index contributed by atoms with van der Waals surface area (Å²) >= 11 is 0. The normalized spacial score (nSPS) is 20.8. The van der Waals surface area contributed by atoms with Gasteiger partial charge in [0.2, 0.25) is 0 Å². The second kappa shape index (κ2) is 14.0. The number of rotatable bonds is 9. The van der Waals surface area contributed by atoms with Crippen molar-refractivity contribution in [3.05, 3.63) is 24.3 Å². The SMILES string of the molecule is CCNC(=NCC(C)Oc1ccccc1OC)N1CCC(OCC2CCCO2)CC1.I. The predicted octanol–water partition coefficient (Wildman–Crippen LogP) is 3.71. The van der Waals surface area contributed by atoms with E-state index in [9.17, 15) is 0 Å². The van der Waals surface area contributed by atoms with Gasteiger partial charge < -0.3 is 29.2 Å². The number of nitrogens with one attached hydrogen (secondary N) is 1. The van der Waals surface area contributed by atoms with E-state index < -0.39 is 0 Å². The van der Waals surface area contributed by atoms with Crippen molar-refractivity contribution in [2.24, 2.45) is 4.99 Å². The highest BCUT2D eigenvalue weighted by Crippen LogP contribution is 2.26. The minimum absolute atomic E-state index is 0. The Morgan fingerprint density at radius 1 is 1.23 bits per heavy atom. The standard InChI is InChI=1S/C23H37N3O4.HI/c1-4-24-23(25-16-18(2)30-22-10-6-5-9-21(22)27-3)26-13-11-19(12-14-26)29-17-20-8-7-15-28-20;/h5-6,9-10,18-20H,4,7-8,11-17H2,1-3H3,(H,24,25);1H. The molecule has 1 N–H and O–H groups in total. The monoisotopic (exact) mass is 547 g/mol. The number of guanidine groups is 1. The molecule has 2 aliphatic heterocycles. The van der Waals surface area contributed by atoms with E-state index in [2.05, 4.69) is 17.1 Å². The zero-order valence-corrected chi connectivity index (χ0v) is 21.4. The molecule has 0 bridgehead atoms. The highest BCUT2D eigenvalue weighted by molar-refractivity contribution is 14.0. The van der Waals surface area contributed by atoms with Crippen LogP contribution in [0.15, 0.2) is 29.3 Å². The topological polar surface area (TPSA) is 64.6 Å². The molecule has 0 saturated carbocycles. The number of hydrogen-bond donors (Lipinski definition) is 1. The highest BCUT2D eigenvalue weighted by Gasteiger charge is 2.24. The smallest absolute Gasteiger partial charge is 0.194 e. The van der Waals surface area contributed by atoms with Gasteiger partial charge in [0.05, 0.1) is 32.5 Å². The lowest BCUT2D eigenvalue weighted by Crippen LogP contribution is -2.47. The molecule has 0 radical (unpaired) electrons. The average molecular weight is 547 g/mol. The molecule has 1 aromatic carbocycles. The molecule has 1 aromatic rings. The van der Waals surface area contributed by atoms with E-state index in [4.69, 9.17) is 23.9 Å². The molecule has 3 rings (SSSR count). The van der Waals surface area contributed by atoms with Gasteiger partial charge in [-0.25, -0.2) is 4.99 Å². The molecule has 31 heavy (non-hydrogen) atoms. The van der Waals surface area contributed by atoms with Gasteiger partial charge in [-0.15, -0.1) is 24.0 Å². The molecule has 2 aliphatic rings. The molecule has 2 saturated heterocycles. The third-order valence-electron chi connectivity index (χ3n) is 5.51. The molecule has 0 aliphatic carbocycles. The number of aliphatic imine (C=N–C) groups is 1. The molecule has 0 spiro atoms. The largest absolute Gasteiger partial charge is 0.493 e. The molecule has 2 unspecified atom stereocenters. The van der Waals surface area contributed by atoms with Gasteiger partial charge in [-0.2, -0.15) is 0 Å². The minimum atomic E-state index is -0.0535. The van der Waals surface area contributed by atoms with Gasteiger partial charge in [0.15, 0.2) is 17.5 Å². The lowest BCUT2D eigenvalue weighted by molar-refractivity contribution is -0.0367. The maximum atomic E-state index is 6.10. The highest BCUT2D eigenvalue weighted by atomic mass is 127. The molecule has 2 atom stereocenters. The van der Waals surface area contributed by atoms with Gasteiger partial charge in [0.1, 0.15) is 6.10 Å². The zero-order valence-electron chi connectivity index (χ0n) is 19.0. The van der Waals surface area contributed by atoms with Crippen molar-refractivity contribution in [1.82, 2.24) is 10.2 Å². The lowest BCUT2D eigenvalue weighted by Gasteiger charge is -2.34. The number of nitrogens with zero attached hydrogens (tertiary/aromatic N) is 2. The summed E-state index contributed by atoms with van der Waals surface area (Å²) in [5.74, 6) is 2.44. The zero-order chi connectivity index (χ0) is 21.2. The van der Waals surface area contributed by atoms with E-state index in [0.29, 0.717) is 18.8 Å². The number of piperidine rings is 1. The summed E-state index contributed by atoms with van der Waals surface area (Å²) in [7, 11) is 1.66. The first-order valence-corrected chi connectivity index (χ1v) is 11.3.